The second kappa shape index (κ2) is 5.51. The van der Waals surface area contributed by atoms with E-state index in [-0.39, 0.29) is 5.91 Å². The summed E-state index contributed by atoms with van der Waals surface area (Å²) in [5.41, 5.74) is 5.66. The van der Waals surface area contributed by atoms with Crippen LogP contribution in [0.25, 0.3) is 0 Å². The summed E-state index contributed by atoms with van der Waals surface area (Å²) in [6, 6.07) is 5.35. The van der Waals surface area contributed by atoms with E-state index in [9.17, 15) is 4.79 Å². The maximum atomic E-state index is 11.9. The first-order valence-corrected chi connectivity index (χ1v) is 6.14. The number of ether oxygens (including phenoxy) is 1. The molecule has 0 spiro atoms. The normalized spacial score (nSPS) is 13.9. The molecule has 5 heteroatoms. The maximum absolute atomic E-state index is 11.9. The number of carbonyl (C=O) groups excluding carboxylic acids is 1. The van der Waals surface area contributed by atoms with Crippen LogP contribution in [0, 0.1) is 0 Å². The van der Waals surface area contributed by atoms with Crippen LogP contribution in [0.2, 0.25) is 0 Å². The molecule has 1 unspecified atom stereocenters. The van der Waals surface area contributed by atoms with Crippen molar-refractivity contribution in [3.63, 3.8) is 0 Å². The van der Waals surface area contributed by atoms with Crippen LogP contribution in [0.15, 0.2) is 22.7 Å². The van der Waals surface area contributed by atoms with Crippen molar-refractivity contribution in [2.75, 3.05) is 12.4 Å². The van der Waals surface area contributed by atoms with Gasteiger partial charge in [0.15, 0.2) is 0 Å². The van der Waals surface area contributed by atoms with Gasteiger partial charge in [-0.15, -0.1) is 0 Å². The molecule has 0 bridgehead atoms. The number of hydrogen-bond donors (Lipinski definition) is 2. The maximum Gasteiger partial charge on any atom is 0.244 e. The van der Waals surface area contributed by atoms with E-state index in [0.29, 0.717) is 17.9 Å². The predicted molar refractivity (Wildman–Crippen MR) is 72.2 cm³/mol. The van der Waals surface area contributed by atoms with Crippen molar-refractivity contribution in [1.29, 1.82) is 0 Å². The Hall–Kier alpha value is -1.07. The number of nitrogens with one attached hydrogen (secondary N) is 1. The first-order valence-electron chi connectivity index (χ1n) is 5.34. The first-order chi connectivity index (χ1) is 7.90. The van der Waals surface area contributed by atoms with E-state index in [4.69, 9.17) is 10.5 Å². The summed E-state index contributed by atoms with van der Waals surface area (Å²) in [4.78, 5) is 11.9. The molecule has 0 aliphatic heterocycles. The number of halogens is 1. The van der Waals surface area contributed by atoms with E-state index in [1.807, 2.05) is 13.0 Å². The number of nitrogens with two attached hydrogens (primary N) is 1. The lowest BCUT2D eigenvalue weighted by Gasteiger charge is -2.21. The zero-order valence-electron chi connectivity index (χ0n) is 10.2. The van der Waals surface area contributed by atoms with Crippen LogP contribution in [-0.4, -0.2) is 18.6 Å². The van der Waals surface area contributed by atoms with Crippen LogP contribution in [0.4, 0.5) is 5.69 Å². The summed E-state index contributed by atoms with van der Waals surface area (Å²) in [5, 5.41) is 2.77. The summed E-state index contributed by atoms with van der Waals surface area (Å²) in [6.45, 7) is 3.58. The topological polar surface area (TPSA) is 64.4 Å². The number of methoxy groups -OCH3 is 1. The first kappa shape index (κ1) is 14.0. The third-order valence-electron chi connectivity index (χ3n) is 2.66. The Morgan fingerprint density at radius 2 is 2.24 bits per heavy atom. The van der Waals surface area contributed by atoms with Gasteiger partial charge >= 0.3 is 0 Å². The van der Waals surface area contributed by atoms with E-state index in [2.05, 4.69) is 21.2 Å². The second-order valence-corrected chi connectivity index (χ2v) is 4.93. The summed E-state index contributed by atoms with van der Waals surface area (Å²) in [7, 11) is 1.57. The Balaban J connectivity index is 2.86. The van der Waals surface area contributed by atoms with Crippen molar-refractivity contribution in [2.24, 2.45) is 5.73 Å². The van der Waals surface area contributed by atoms with Gasteiger partial charge in [0.05, 0.1) is 17.1 Å². The highest BCUT2D eigenvalue weighted by Crippen LogP contribution is 2.28. The van der Waals surface area contributed by atoms with Crippen molar-refractivity contribution >= 4 is 27.5 Å². The number of amides is 1. The van der Waals surface area contributed by atoms with Crippen molar-refractivity contribution in [1.82, 2.24) is 0 Å². The van der Waals surface area contributed by atoms with Gasteiger partial charge in [0.2, 0.25) is 5.91 Å². The molecule has 0 radical (unpaired) electrons. The van der Waals surface area contributed by atoms with Gasteiger partial charge in [0.1, 0.15) is 5.75 Å². The third-order valence-corrected chi connectivity index (χ3v) is 3.32. The Labute approximate surface area is 110 Å². The van der Waals surface area contributed by atoms with E-state index in [0.717, 1.165) is 4.47 Å². The molecule has 0 fully saturated rings. The molecule has 4 nitrogen and oxygen atoms in total. The Morgan fingerprint density at radius 3 is 2.76 bits per heavy atom. The zero-order valence-corrected chi connectivity index (χ0v) is 11.8. The lowest BCUT2D eigenvalue weighted by Crippen LogP contribution is -2.47. The van der Waals surface area contributed by atoms with Crippen LogP contribution >= 0.6 is 15.9 Å². The molecule has 1 amide bonds. The Kier molecular flexibility index (Phi) is 4.54. The second-order valence-electron chi connectivity index (χ2n) is 4.07. The van der Waals surface area contributed by atoms with E-state index in [1.165, 1.54) is 0 Å². The molecule has 1 atom stereocenters. The van der Waals surface area contributed by atoms with Gasteiger partial charge in [0, 0.05) is 11.8 Å². The van der Waals surface area contributed by atoms with Crippen molar-refractivity contribution < 1.29 is 9.53 Å². The molecule has 17 heavy (non-hydrogen) atoms. The molecule has 0 aliphatic rings. The van der Waals surface area contributed by atoms with E-state index >= 15 is 0 Å². The van der Waals surface area contributed by atoms with E-state index < -0.39 is 5.54 Å². The predicted octanol–water partition coefficient (Wildman–Crippen LogP) is 2.52. The molecule has 94 valence electrons. The summed E-state index contributed by atoms with van der Waals surface area (Å²) >= 11 is 3.35. The number of carbonyl (C=O) groups is 1. The molecule has 0 saturated carbocycles. The molecule has 0 aliphatic carbocycles. The zero-order chi connectivity index (χ0) is 13.1. The van der Waals surface area contributed by atoms with Gasteiger partial charge in [-0.05, 0) is 41.4 Å². The molecule has 0 saturated heterocycles. The average Bonchev–Trinajstić information content (AvgIpc) is 2.31. The Morgan fingerprint density at radius 1 is 1.59 bits per heavy atom. The number of hydrogen-bond acceptors (Lipinski definition) is 3. The highest BCUT2D eigenvalue weighted by atomic mass is 79.9. The monoisotopic (exact) mass is 300 g/mol. The van der Waals surface area contributed by atoms with Crippen molar-refractivity contribution in [3.05, 3.63) is 22.7 Å². The van der Waals surface area contributed by atoms with Crippen LogP contribution in [-0.2, 0) is 4.79 Å². The standard InChI is InChI=1S/C12H17BrN2O2/c1-4-12(2,14)11(16)15-8-5-6-9(13)10(7-8)17-3/h5-7H,4,14H2,1-3H3,(H,15,16). The smallest absolute Gasteiger partial charge is 0.244 e. The minimum Gasteiger partial charge on any atom is -0.495 e. The average molecular weight is 301 g/mol. The fourth-order valence-corrected chi connectivity index (χ4v) is 1.58. The van der Waals surface area contributed by atoms with E-state index in [1.54, 1.807) is 26.2 Å². The van der Waals surface area contributed by atoms with Gasteiger partial charge in [-0.1, -0.05) is 6.92 Å². The minimum absolute atomic E-state index is 0.204. The fraction of sp³-hybridized carbons (Fsp3) is 0.417. The van der Waals surface area contributed by atoms with Crippen molar-refractivity contribution in [2.45, 2.75) is 25.8 Å². The van der Waals surface area contributed by atoms with Crippen LogP contribution < -0.4 is 15.8 Å². The van der Waals surface area contributed by atoms with Gasteiger partial charge < -0.3 is 15.8 Å². The van der Waals surface area contributed by atoms with Gasteiger partial charge in [-0.3, -0.25) is 4.79 Å². The van der Waals surface area contributed by atoms with Crippen molar-refractivity contribution in [3.8, 4) is 5.75 Å². The fourth-order valence-electron chi connectivity index (χ4n) is 1.17. The lowest BCUT2D eigenvalue weighted by molar-refractivity contribution is -0.120. The highest BCUT2D eigenvalue weighted by molar-refractivity contribution is 9.10. The van der Waals surface area contributed by atoms with Crippen LogP contribution in [0.3, 0.4) is 0 Å². The summed E-state index contributed by atoms with van der Waals surface area (Å²) < 4.78 is 5.99. The molecule has 1 aromatic rings. The summed E-state index contributed by atoms with van der Waals surface area (Å²) in [5.74, 6) is 0.461. The lowest BCUT2D eigenvalue weighted by atomic mass is 9.99. The van der Waals surface area contributed by atoms with Crippen LogP contribution in [0.1, 0.15) is 20.3 Å². The van der Waals surface area contributed by atoms with Crippen LogP contribution in [0.5, 0.6) is 5.75 Å². The third kappa shape index (κ3) is 3.44. The number of rotatable bonds is 4. The molecule has 1 aromatic carbocycles. The van der Waals surface area contributed by atoms with Gasteiger partial charge in [-0.2, -0.15) is 0 Å². The number of anilines is 1. The molecular formula is C12H17BrN2O2. The molecule has 0 aromatic heterocycles. The highest BCUT2D eigenvalue weighted by Gasteiger charge is 2.25. The molecule has 0 heterocycles. The number of benzene rings is 1. The van der Waals surface area contributed by atoms with Gasteiger partial charge in [-0.25, -0.2) is 0 Å². The molecular weight excluding hydrogens is 284 g/mol. The SMILES string of the molecule is CCC(C)(N)C(=O)Nc1ccc(Br)c(OC)c1. The largest absolute Gasteiger partial charge is 0.495 e. The molecule has 3 N–H and O–H groups in total. The van der Waals surface area contributed by atoms with Gasteiger partial charge in [0.25, 0.3) is 0 Å². The molecule has 1 rings (SSSR count). The quantitative estimate of drug-likeness (QED) is 0.898. The minimum atomic E-state index is -0.861. The Bertz CT molecular complexity index is 419. The summed E-state index contributed by atoms with van der Waals surface area (Å²) in [6.07, 6.45) is 0.576.